The number of nitrogens with zero attached hydrogens (tertiary/aromatic N) is 4. The standard InChI is InChI=1S/C98H89BN4O/c1-94(2,3)63-35-29-33-61(51-63)74-53-65(96(7,8)9)54-75(62-34-30-36-64(52-62)95(4,5)6)91(74)102-84-57-67(100-80-42-24-19-37-69(80)70-38-20-25-43-81(70)100)47-49-78(84)99-79-50-48-68(101-82-44-26-21-39-71(82)72-40-22-27-45-83(72)101)58-85(79)103(87-56-66(97(10,11)12)55-86(102)90(87)99)92-76(60-31-17-16-18-32-60)59-77(98(13,14)15)89-73-41-23-28-46-88(73)104-93(89)92/h16-59H,1-15H3/i19D,20D,21D,22D,23D,24D,25D,26D,27D,28D,37D,38D,39D,40D,41D,42D,43D,44D,45D,46D,47D,48D,49D,50D,57D,58D,59D. The van der Waals surface area contributed by atoms with Crippen LogP contribution in [0.2, 0.25) is 0 Å². The van der Waals surface area contributed by atoms with Crippen LogP contribution in [0, 0.1) is 0 Å². The summed E-state index contributed by atoms with van der Waals surface area (Å²) in [6.07, 6.45) is 0. The molecule has 16 aromatic rings. The number of aromatic nitrogens is 2. The van der Waals surface area contributed by atoms with Crippen LogP contribution in [0.15, 0.2) is 271 Å². The highest BCUT2D eigenvalue weighted by molar-refractivity contribution is 7.00. The SMILES string of the molecule is [2H]c1c([2H])c(-n2c3c([2H])c([2H])c([2H])c([2H])c3c3c([2H])c([2H])c([2H])c([2H])c32)c([2H])c2c1B1c3c(cc(C(C)(C)C)cc3N(c3c(-c4ccccc4)c([2H])c(C(C)(C)C)c4c3oc3c([2H])c([2H])c([2H])c([2H])c34)c3c([2H])c(-n4c5c([2H])c([2H])c([2H])c([2H])c5c5c([2H])c([2H])c([2H])c([2H])c54)c([2H])c([2H])c31)N2c1c(-c2cccc(C(C)(C)C)c2)cc(C(C)(C)C)cc1-c1cccc(C(C)(C)C)c1. The molecule has 2 aliphatic rings. The summed E-state index contributed by atoms with van der Waals surface area (Å²) in [5, 5.41) is -1.84. The topological polar surface area (TPSA) is 29.5 Å². The van der Waals surface area contributed by atoms with E-state index in [1.54, 1.807) is 35.2 Å². The molecule has 3 aromatic heterocycles. The lowest BCUT2D eigenvalue weighted by Gasteiger charge is -2.46. The van der Waals surface area contributed by atoms with E-state index in [1.165, 1.54) is 0 Å². The Bertz CT molecular complexity index is 7680. The Morgan fingerprint density at radius 1 is 0.337 bits per heavy atom. The van der Waals surface area contributed by atoms with Gasteiger partial charge in [-0.15, -0.1) is 0 Å². The van der Waals surface area contributed by atoms with Gasteiger partial charge in [0.1, 0.15) is 5.58 Å². The summed E-state index contributed by atoms with van der Waals surface area (Å²) in [6, 6.07) is 12.0. The molecule has 0 fully saturated rings. The molecule has 0 unspecified atom stereocenters. The zero-order chi connectivity index (χ0) is 95.3. The quantitative estimate of drug-likeness (QED) is 0.149. The third-order valence-corrected chi connectivity index (χ3v) is 20.5. The molecule has 2 aliphatic heterocycles. The van der Waals surface area contributed by atoms with Crippen molar-refractivity contribution in [1.29, 1.82) is 0 Å². The lowest BCUT2D eigenvalue weighted by Crippen LogP contribution is -2.61. The van der Waals surface area contributed by atoms with Gasteiger partial charge in [0.15, 0.2) is 5.58 Å². The number of para-hydroxylation sites is 5. The molecule has 0 saturated heterocycles. The Hall–Kier alpha value is -11.1. The summed E-state index contributed by atoms with van der Waals surface area (Å²) in [5.41, 5.74) is -2.98. The Kier molecular flexibility index (Phi) is 9.35. The first-order chi connectivity index (χ1) is 61.0. The first-order valence-corrected chi connectivity index (χ1v) is 35.1. The van der Waals surface area contributed by atoms with E-state index in [0.29, 0.717) is 39.1 Å². The number of hydrogen-bond acceptors (Lipinski definition) is 3. The fourth-order valence-corrected chi connectivity index (χ4v) is 15.2. The highest BCUT2D eigenvalue weighted by Crippen LogP contribution is 2.57. The summed E-state index contributed by atoms with van der Waals surface area (Å²) in [6.45, 7) is 28.1. The third kappa shape index (κ3) is 10.2. The maximum atomic E-state index is 11.9. The molecule has 104 heavy (non-hydrogen) atoms. The number of furan rings is 1. The molecular weight excluding hydrogens is 1260 g/mol. The average molecular weight is 1380 g/mol. The summed E-state index contributed by atoms with van der Waals surface area (Å²) in [4.78, 5) is 3.37. The molecule has 5 nitrogen and oxygen atoms in total. The molecule has 18 rings (SSSR count). The first-order valence-electron chi connectivity index (χ1n) is 48.6. The Morgan fingerprint density at radius 3 is 1.18 bits per heavy atom. The molecule has 0 spiro atoms. The molecule has 0 aliphatic carbocycles. The number of benzene rings is 13. The number of rotatable bonds is 7. The van der Waals surface area contributed by atoms with Gasteiger partial charge in [-0.1, -0.05) is 285 Å². The molecule has 13 aromatic carbocycles. The minimum atomic E-state index is -1.85. The zero-order valence-electron chi connectivity index (χ0n) is 87.6. The van der Waals surface area contributed by atoms with Gasteiger partial charge in [-0.05, 0) is 173 Å². The summed E-state index contributed by atoms with van der Waals surface area (Å²) in [5.74, 6) is 0. The van der Waals surface area contributed by atoms with Crippen LogP contribution >= 0.6 is 0 Å². The molecule has 0 atom stereocenters. The van der Waals surface area contributed by atoms with Gasteiger partial charge in [-0.3, -0.25) is 0 Å². The highest BCUT2D eigenvalue weighted by Gasteiger charge is 2.47. The van der Waals surface area contributed by atoms with Gasteiger partial charge in [-0.2, -0.15) is 0 Å². The number of anilines is 6. The van der Waals surface area contributed by atoms with Gasteiger partial charge in [0.05, 0.1) is 70.5 Å². The van der Waals surface area contributed by atoms with Crippen molar-refractivity contribution in [1.82, 2.24) is 9.13 Å². The van der Waals surface area contributed by atoms with Crippen LogP contribution in [0.1, 0.15) is 169 Å². The normalized spacial score (nSPS) is 17.1. The minimum Gasteiger partial charge on any atom is -0.454 e. The van der Waals surface area contributed by atoms with Gasteiger partial charge in [0.25, 0.3) is 6.71 Å². The van der Waals surface area contributed by atoms with Crippen LogP contribution in [0.4, 0.5) is 34.1 Å². The largest absolute Gasteiger partial charge is 0.454 e. The fourth-order valence-electron chi connectivity index (χ4n) is 15.2. The van der Waals surface area contributed by atoms with Crippen molar-refractivity contribution in [2.24, 2.45) is 0 Å². The molecule has 0 N–H and O–H groups in total. The second kappa shape index (κ2) is 23.2. The van der Waals surface area contributed by atoms with E-state index in [1.807, 2.05) is 95.0 Å². The number of fused-ring (bicyclic) bond motifs is 13. The maximum absolute atomic E-state index is 11.9. The monoisotopic (exact) mass is 1380 g/mol. The van der Waals surface area contributed by atoms with Crippen LogP contribution in [0.3, 0.4) is 0 Å². The van der Waals surface area contributed by atoms with Crippen LogP contribution in [0.25, 0.3) is 110 Å². The van der Waals surface area contributed by atoms with Gasteiger partial charge in [0.2, 0.25) is 0 Å². The van der Waals surface area contributed by atoms with Crippen molar-refractivity contribution in [3.05, 3.63) is 294 Å². The smallest absolute Gasteiger partial charge is 0.252 e. The van der Waals surface area contributed by atoms with E-state index in [2.05, 4.69) is 86.6 Å². The second-order valence-corrected chi connectivity index (χ2v) is 32.5. The van der Waals surface area contributed by atoms with E-state index in [9.17, 15) is 34.3 Å². The Morgan fingerprint density at radius 2 is 0.740 bits per heavy atom. The Balaban J connectivity index is 1.17. The third-order valence-electron chi connectivity index (χ3n) is 20.5. The molecule has 5 heterocycles. The average Bonchev–Trinajstić information content (AvgIpc) is 1.63. The van der Waals surface area contributed by atoms with Crippen LogP contribution in [-0.2, 0) is 27.1 Å². The van der Waals surface area contributed by atoms with Gasteiger partial charge < -0.3 is 23.4 Å². The van der Waals surface area contributed by atoms with Gasteiger partial charge in [-0.25, -0.2) is 0 Å². The Labute approximate surface area is 650 Å². The van der Waals surface area contributed by atoms with Crippen LogP contribution in [0.5, 0.6) is 0 Å². The number of hydrogen-bond donors (Lipinski definition) is 0. The van der Waals surface area contributed by atoms with E-state index < -0.39 is 252 Å². The molecule has 0 saturated carbocycles. The fraction of sp³-hybridized carbons (Fsp3) is 0.204. The van der Waals surface area contributed by atoms with E-state index in [0.717, 1.165) is 25.8 Å². The van der Waals surface area contributed by atoms with Crippen molar-refractivity contribution >= 4 is 123 Å². The van der Waals surface area contributed by atoms with Crippen molar-refractivity contribution in [3.8, 4) is 44.8 Å². The van der Waals surface area contributed by atoms with Crippen molar-refractivity contribution in [3.63, 3.8) is 0 Å². The van der Waals surface area contributed by atoms with Crippen LogP contribution < -0.4 is 26.2 Å². The van der Waals surface area contributed by atoms with E-state index in [4.69, 9.17) is 7.16 Å². The molecular formula is C98H89BN4O. The predicted molar refractivity (Wildman–Crippen MR) is 446 cm³/mol. The lowest BCUT2D eigenvalue weighted by atomic mass is 9.33. The second-order valence-electron chi connectivity index (χ2n) is 32.5. The van der Waals surface area contributed by atoms with E-state index >= 15 is 0 Å². The molecule has 510 valence electrons. The molecule has 0 radical (unpaired) electrons. The molecule has 6 heteroatoms. The maximum Gasteiger partial charge on any atom is 0.252 e. The van der Waals surface area contributed by atoms with Crippen molar-refractivity contribution < 1.29 is 41.4 Å². The lowest BCUT2D eigenvalue weighted by molar-refractivity contribution is 0.589. The predicted octanol–water partition coefficient (Wildman–Crippen LogP) is 25.4. The van der Waals surface area contributed by atoms with E-state index in [-0.39, 0.29) is 78.2 Å². The van der Waals surface area contributed by atoms with Crippen molar-refractivity contribution in [2.45, 2.75) is 131 Å². The van der Waals surface area contributed by atoms with Crippen molar-refractivity contribution in [2.75, 3.05) is 9.80 Å². The zero-order valence-corrected chi connectivity index (χ0v) is 60.6. The van der Waals surface area contributed by atoms with Gasteiger partial charge in [0, 0.05) is 83.1 Å². The summed E-state index contributed by atoms with van der Waals surface area (Å²) >= 11 is 0. The van der Waals surface area contributed by atoms with Crippen LogP contribution in [-0.4, -0.2) is 15.8 Å². The first kappa shape index (κ1) is 41.9. The molecule has 0 amide bonds. The highest BCUT2D eigenvalue weighted by atomic mass is 16.3. The summed E-state index contributed by atoms with van der Waals surface area (Å²) < 4.78 is 281. The summed E-state index contributed by atoms with van der Waals surface area (Å²) in [7, 11) is 0. The molecule has 0 bridgehead atoms. The van der Waals surface area contributed by atoms with Gasteiger partial charge >= 0.3 is 0 Å². The minimum absolute atomic E-state index is 0.0154.